The molecule has 1 fully saturated rings. The molecule has 1 aliphatic carbocycles. The number of thiazole rings is 1. The lowest BCUT2D eigenvalue weighted by atomic mass is 10.3. The molecule has 2 N–H and O–H groups in total. The smallest absolute Gasteiger partial charge is 0.347 e. The quantitative estimate of drug-likeness (QED) is 0.623. The lowest BCUT2D eigenvalue weighted by Gasteiger charge is -2.09. The summed E-state index contributed by atoms with van der Waals surface area (Å²) in [6, 6.07) is 0.185. The molecule has 6 nitrogen and oxygen atoms in total. The standard InChI is InChI=1S/C8H11N3O3S/c9-5-1-2-6(3-5)14-8-10-4-7(15-8)11(12)13/h4-6H,1-3,9H2. The fourth-order valence-corrected chi connectivity index (χ4v) is 2.26. The van der Waals surface area contributed by atoms with Gasteiger partial charge in [-0.3, -0.25) is 10.1 Å². The molecule has 1 heterocycles. The summed E-state index contributed by atoms with van der Waals surface area (Å²) in [7, 11) is 0. The minimum absolute atomic E-state index is 0.00676. The van der Waals surface area contributed by atoms with Gasteiger partial charge in [0.2, 0.25) is 0 Å². The molecule has 0 aromatic carbocycles. The Kier molecular flexibility index (Phi) is 2.83. The van der Waals surface area contributed by atoms with Gasteiger partial charge in [0.15, 0.2) is 0 Å². The maximum Gasteiger partial charge on any atom is 0.347 e. The molecule has 2 rings (SSSR count). The zero-order valence-electron chi connectivity index (χ0n) is 7.96. The fourth-order valence-electron chi connectivity index (χ4n) is 1.61. The monoisotopic (exact) mass is 229 g/mol. The fraction of sp³-hybridized carbons (Fsp3) is 0.625. The summed E-state index contributed by atoms with van der Waals surface area (Å²) in [6.07, 6.45) is 3.92. The van der Waals surface area contributed by atoms with Crippen LogP contribution in [0.3, 0.4) is 0 Å². The van der Waals surface area contributed by atoms with Crippen LogP contribution in [0.4, 0.5) is 5.00 Å². The Morgan fingerprint density at radius 1 is 1.67 bits per heavy atom. The van der Waals surface area contributed by atoms with Crippen molar-refractivity contribution in [1.29, 1.82) is 0 Å². The first-order valence-corrected chi connectivity index (χ1v) is 5.49. The first-order valence-electron chi connectivity index (χ1n) is 4.67. The maximum absolute atomic E-state index is 10.4. The largest absolute Gasteiger partial charge is 0.467 e. The van der Waals surface area contributed by atoms with Crippen molar-refractivity contribution in [2.24, 2.45) is 5.73 Å². The van der Waals surface area contributed by atoms with Crippen LogP contribution in [-0.4, -0.2) is 22.1 Å². The van der Waals surface area contributed by atoms with E-state index in [0.717, 1.165) is 30.6 Å². The van der Waals surface area contributed by atoms with Crippen LogP contribution in [0.15, 0.2) is 6.20 Å². The molecule has 2 atom stereocenters. The molecule has 1 saturated carbocycles. The van der Waals surface area contributed by atoms with Gasteiger partial charge in [0.1, 0.15) is 12.3 Å². The van der Waals surface area contributed by atoms with Gasteiger partial charge >= 0.3 is 5.00 Å². The Balaban J connectivity index is 1.96. The number of aromatic nitrogens is 1. The van der Waals surface area contributed by atoms with E-state index in [9.17, 15) is 10.1 Å². The first-order chi connectivity index (χ1) is 7.15. The summed E-state index contributed by atoms with van der Waals surface area (Å²) in [5.41, 5.74) is 5.73. The number of hydrogen-bond acceptors (Lipinski definition) is 6. The van der Waals surface area contributed by atoms with Gasteiger partial charge in [0.25, 0.3) is 5.19 Å². The van der Waals surface area contributed by atoms with Crippen molar-refractivity contribution in [2.45, 2.75) is 31.4 Å². The number of hydrogen-bond donors (Lipinski definition) is 1. The molecule has 82 valence electrons. The molecule has 0 radical (unpaired) electrons. The predicted octanol–water partition coefficient (Wildman–Crippen LogP) is 1.31. The SMILES string of the molecule is NC1CCC(Oc2ncc([N+](=O)[O-])s2)C1. The van der Waals surface area contributed by atoms with Crippen molar-refractivity contribution in [1.82, 2.24) is 4.98 Å². The molecule has 0 amide bonds. The van der Waals surface area contributed by atoms with Gasteiger partial charge in [-0.1, -0.05) is 0 Å². The Labute approximate surface area is 90.2 Å². The van der Waals surface area contributed by atoms with E-state index >= 15 is 0 Å². The number of nitro groups is 1. The van der Waals surface area contributed by atoms with Crippen LogP contribution in [-0.2, 0) is 0 Å². The van der Waals surface area contributed by atoms with Crippen LogP contribution in [0.5, 0.6) is 5.19 Å². The van der Waals surface area contributed by atoms with Crippen LogP contribution in [0.2, 0.25) is 0 Å². The molecule has 0 spiro atoms. The van der Waals surface area contributed by atoms with Crippen molar-refractivity contribution in [2.75, 3.05) is 0 Å². The van der Waals surface area contributed by atoms with E-state index in [-0.39, 0.29) is 17.1 Å². The highest BCUT2D eigenvalue weighted by Gasteiger charge is 2.24. The highest BCUT2D eigenvalue weighted by molar-refractivity contribution is 7.16. The molecule has 1 aromatic heterocycles. The van der Waals surface area contributed by atoms with Crippen molar-refractivity contribution >= 4 is 16.3 Å². The van der Waals surface area contributed by atoms with Gasteiger partial charge in [-0.05, 0) is 30.6 Å². The van der Waals surface area contributed by atoms with E-state index in [1.165, 1.54) is 6.20 Å². The zero-order valence-corrected chi connectivity index (χ0v) is 8.77. The van der Waals surface area contributed by atoms with Gasteiger partial charge in [-0.25, -0.2) is 4.98 Å². The van der Waals surface area contributed by atoms with Crippen LogP contribution in [0, 0.1) is 10.1 Å². The summed E-state index contributed by atoms with van der Waals surface area (Å²) in [5.74, 6) is 0. The highest BCUT2D eigenvalue weighted by atomic mass is 32.1. The molecule has 1 aromatic rings. The molecule has 15 heavy (non-hydrogen) atoms. The number of nitrogens with two attached hydrogens (primary N) is 1. The topological polar surface area (TPSA) is 91.3 Å². The second-order valence-electron chi connectivity index (χ2n) is 3.53. The minimum Gasteiger partial charge on any atom is -0.467 e. The molecule has 0 bridgehead atoms. The average Bonchev–Trinajstić information content (AvgIpc) is 2.76. The third-order valence-corrected chi connectivity index (χ3v) is 3.18. The normalized spacial score (nSPS) is 25.4. The summed E-state index contributed by atoms with van der Waals surface area (Å²) in [6.45, 7) is 0. The van der Waals surface area contributed by atoms with E-state index in [0.29, 0.717) is 5.19 Å². The molecule has 2 unspecified atom stereocenters. The third-order valence-electron chi connectivity index (χ3n) is 2.34. The maximum atomic E-state index is 10.4. The second kappa shape index (κ2) is 4.11. The highest BCUT2D eigenvalue weighted by Crippen LogP contribution is 2.30. The van der Waals surface area contributed by atoms with Crippen LogP contribution >= 0.6 is 11.3 Å². The Bertz CT molecular complexity index is 368. The summed E-state index contributed by atoms with van der Waals surface area (Å²) in [5, 5.41) is 10.8. The summed E-state index contributed by atoms with van der Waals surface area (Å²) in [4.78, 5) is 13.8. The van der Waals surface area contributed by atoms with Crippen LogP contribution < -0.4 is 10.5 Å². The second-order valence-corrected chi connectivity index (χ2v) is 4.51. The molecule has 1 aliphatic rings. The van der Waals surface area contributed by atoms with Crippen molar-refractivity contribution in [3.63, 3.8) is 0 Å². The zero-order chi connectivity index (χ0) is 10.8. The molecule has 7 heteroatoms. The Morgan fingerprint density at radius 2 is 2.47 bits per heavy atom. The van der Waals surface area contributed by atoms with Gasteiger partial charge < -0.3 is 10.5 Å². The first kappa shape index (κ1) is 10.3. The molecule has 0 saturated heterocycles. The lowest BCUT2D eigenvalue weighted by molar-refractivity contribution is -0.380. The van der Waals surface area contributed by atoms with E-state index < -0.39 is 4.92 Å². The summed E-state index contributed by atoms with van der Waals surface area (Å²) < 4.78 is 5.50. The molecule has 0 aliphatic heterocycles. The van der Waals surface area contributed by atoms with Crippen molar-refractivity contribution in [3.05, 3.63) is 16.3 Å². The van der Waals surface area contributed by atoms with E-state index in [1.807, 2.05) is 0 Å². The number of nitrogens with zero attached hydrogens (tertiary/aromatic N) is 2. The lowest BCUT2D eigenvalue weighted by Crippen LogP contribution is -2.18. The molecular weight excluding hydrogens is 218 g/mol. The molecular formula is C8H11N3O3S. The van der Waals surface area contributed by atoms with Gasteiger partial charge in [0, 0.05) is 6.04 Å². The average molecular weight is 229 g/mol. The van der Waals surface area contributed by atoms with Crippen molar-refractivity contribution < 1.29 is 9.66 Å². The van der Waals surface area contributed by atoms with Gasteiger partial charge in [-0.15, -0.1) is 0 Å². The Morgan fingerprint density at radius 3 is 3.00 bits per heavy atom. The van der Waals surface area contributed by atoms with Crippen LogP contribution in [0.1, 0.15) is 19.3 Å². The number of ether oxygens (including phenoxy) is 1. The summed E-state index contributed by atoms with van der Waals surface area (Å²) >= 11 is 0.956. The minimum atomic E-state index is -0.467. The van der Waals surface area contributed by atoms with Gasteiger partial charge in [0.05, 0.1) is 4.92 Å². The van der Waals surface area contributed by atoms with Crippen LogP contribution in [0.25, 0.3) is 0 Å². The van der Waals surface area contributed by atoms with Gasteiger partial charge in [-0.2, -0.15) is 0 Å². The Hall–Kier alpha value is -1.21. The third kappa shape index (κ3) is 2.42. The van der Waals surface area contributed by atoms with Crippen molar-refractivity contribution in [3.8, 4) is 5.19 Å². The predicted molar refractivity (Wildman–Crippen MR) is 55.0 cm³/mol. The van der Waals surface area contributed by atoms with E-state index in [4.69, 9.17) is 10.5 Å². The van der Waals surface area contributed by atoms with E-state index in [2.05, 4.69) is 4.98 Å². The number of rotatable bonds is 3. The van der Waals surface area contributed by atoms with E-state index in [1.54, 1.807) is 0 Å².